The molecule has 0 spiro atoms. The maximum Gasteiger partial charge on any atom is 0.335 e. The highest BCUT2D eigenvalue weighted by Gasteiger charge is 2.38. The summed E-state index contributed by atoms with van der Waals surface area (Å²) in [4.78, 5) is 26.0. The molecule has 1 aliphatic heterocycles. The van der Waals surface area contributed by atoms with Crippen molar-refractivity contribution in [1.82, 2.24) is 0 Å². The monoisotopic (exact) mass is 513 g/mol. The van der Waals surface area contributed by atoms with Gasteiger partial charge in [0.15, 0.2) is 11.5 Å². The maximum absolute atomic E-state index is 15.0. The third-order valence-electron chi connectivity index (χ3n) is 6.41. The largest absolute Gasteiger partial charge is 0.505 e. The fourth-order valence-electron chi connectivity index (χ4n) is 4.32. The second-order valence-corrected chi connectivity index (χ2v) is 8.85. The van der Waals surface area contributed by atoms with Crippen molar-refractivity contribution in [2.45, 2.75) is 13.8 Å². The molecule has 1 amide bonds. The van der Waals surface area contributed by atoms with Crippen molar-refractivity contribution in [1.29, 1.82) is 0 Å². The summed E-state index contributed by atoms with van der Waals surface area (Å²) < 4.78 is 29.2. The number of nitrogens with one attached hydrogen (secondary N) is 1. The number of phenols is 1. The van der Waals surface area contributed by atoms with Gasteiger partial charge in [-0.05, 0) is 66.9 Å². The first-order valence-corrected chi connectivity index (χ1v) is 11.6. The number of fused-ring (bicyclic) bond motifs is 1. The Morgan fingerprint density at radius 1 is 0.921 bits per heavy atom. The highest BCUT2D eigenvalue weighted by atomic mass is 19.1. The Bertz CT molecular complexity index is 1670. The number of aromatic hydroxyl groups is 1. The van der Waals surface area contributed by atoms with E-state index in [0.29, 0.717) is 22.9 Å². The number of carboxylic acids is 1. The lowest BCUT2D eigenvalue weighted by atomic mass is 10.0. The maximum atomic E-state index is 15.0. The van der Waals surface area contributed by atoms with Gasteiger partial charge < -0.3 is 10.2 Å². The van der Waals surface area contributed by atoms with E-state index >= 15 is 0 Å². The highest BCUT2D eigenvalue weighted by Crippen LogP contribution is 2.40. The topological polar surface area (TPSA) is 102 Å². The molecular formula is C29H21F2N3O4. The molecular weight excluding hydrogens is 492 g/mol. The zero-order chi connectivity index (χ0) is 27.1. The van der Waals surface area contributed by atoms with Gasteiger partial charge in [0.25, 0.3) is 5.91 Å². The summed E-state index contributed by atoms with van der Waals surface area (Å²) in [7, 11) is 0. The molecule has 0 saturated heterocycles. The number of hydrogen-bond donors (Lipinski definition) is 3. The van der Waals surface area contributed by atoms with Crippen LogP contribution in [0, 0.1) is 25.5 Å². The molecule has 3 N–H and O–H groups in total. The smallest absolute Gasteiger partial charge is 0.335 e. The van der Waals surface area contributed by atoms with Gasteiger partial charge in [-0.1, -0.05) is 30.3 Å². The molecule has 38 heavy (non-hydrogen) atoms. The molecule has 0 unspecified atom stereocenters. The number of carboxylic acid groups (broad SMARTS) is 1. The average Bonchev–Trinajstić information content (AvgIpc) is 3.16. The van der Waals surface area contributed by atoms with Crippen LogP contribution in [0.1, 0.15) is 27.0 Å². The molecule has 0 fully saturated rings. The van der Waals surface area contributed by atoms with E-state index < -0.39 is 23.5 Å². The number of hydrogen-bond acceptors (Lipinski definition) is 5. The third-order valence-corrected chi connectivity index (χ3v) is 6.41. The summed E-state index contributed by atoms with van der Waals surface area (Å²) in [5.74, 6) is -3.82. The Kier molecular flexibility index (Phi) is 6.12. The number of anilines is 3. The second kappa shape index (κ2) is 9.44. The van der Waals surface area contributed by atoms with Crippen molar-refractivity contribution in [3.8, 4) is 16.9 Å². The molecule has 1 aliphatic rings. The standard InChI is InChI=1S/C29H21F2N3O4/c1-15-9-10-20(11-16(15)2)34-26-22(13-19(30)14-23(26)31)25(28(34)36)33-32-24-8-4-7-21(27(24)35)17-5-3-6-18(12-17)29(37)38/h3-14,32,35H,1-2H3,(H,37,38)/b33-25-. The van der Waals surface area contributed by atoms with E-state index in [-0.39, 0.29) is 34.0 Å². The number of rotatable bonds is 5. The van der Waals surface area contributed by atoms with Crippen LogP contribution in [0.3, 0.4) is 0 Å². The minimum atomic E-state index is -1.11. The number of para-hydroxylation sites is 1. The number of hydrazone groups is 1. The van der Waals surface area contributed by atoms with Crippen LogP contribution in [-0.4, -0.2) is 27.8 Å². The van der Waals surface area contributed by atoms with E-state index in [0.717, 1.165) is 22.1 Å². The van der Waals surface area contributed by atoms with Gasteiger partial charge in [-0.15, -0.1) is 0 Å². The fourth-order valence-corrected chi connectivity index (χ4v) is 4.32. The molecule has 0 saturated carbocycles. The first-order chi connectivity index (χ1) is 18.2. The Balaban J connectivity index is 1.56. The number of amides is 1. The lowest BCUT2D eigenvalue weighted by Gasteiger charge is -2.18. The summed E-state index contributed by atoms with van der Waals surface area (Å²) in [6.07, 6.45) is 0. The van der Waals surface area contributed by atoms with Crippen molar-refractivity contribution in [3.63, 3.8) is 0 Å². The van der Waals surface area contributed by atoms with Crippen molar-refractivity contribution in [3.05, 3.63) is 107 Å². The van der Waals surface area contributed by atoms with Crippen molar-refractivity contribution in [2.75, 3.05) is 10.3 Å². The van der Waals surface area contributed by atoms with E-state index in [1.54, 1.807) is 42.5 Å². The van der Waals surface area contributed by atoms with Crippen LogP contribution in [0.4, 0.5) is 25.8 Å². The Labute approximate surface area is 216 Å². The molecule has 9 heteroatoms. The number of nitrogens with zero attached hydrogens (tertiary/aromatic N) is 2. The zero-order valence-electron chi connectivity index (χ0n) is 20.3. The Hall–Kier alpha value is -5.05. The van der Waals surface area contributed by atoms with Crippen LogP contribution >= 0.6 is 0 Å². The van der Waals surface area contributed by atoms with Crippen molar-refractivity contribution < 1.29 is 28.6 Å². The number of benzene rings is 4. The summed E-state index contributed by atoms with van der Waals surface area (Å²) >= 11 is 0. The number of aryl methyl sites for hydroxylation is 2. The SMILES string of the molecule is Cc1ccc(N2C(=O)/C(=N\Nc3cccc(-c4cccc(C(=O)O)c4)c3O)c3cc(F)cc(F)c32)cc1C. The third kappa shape index (κ3) is 4.24. The van der Waals surface area contributed by atoms with Crippen LogP contribution in [0.2, 0.25) is 0 Å². The molecule has 0 aliphatic carbocycles. The summed E-state index contributed by atoms with van der Waals surface area (Å²) in [6.45, 7) is 3.77. The van der Waals surface area contributed by atoms with Gasteiger partial charge in [-0.3, -0.25) is 15.1 Å². The predicted octanol–water partition coefficient (Wildman–Crippen LogP) is 6.15. The predicted molar refractivity (Wildman–Crippen MR) is 140 cm³/mol. The highest BCUT2D eigenvalue weighted by molar-refractivity contribution is 6.55. The molecule has 0 atom stereocenters. The average molecular weight is 514 g/mol. The summed E-state index contributed by atoms with van der Waals surface area (Å²) in [6, 6.07) is 17.7. The molecule has 4 aromatic rings. The number of carbonyl (C=O) groups excluding carboxylic acids is 1. The Morgan fingerprint density at radius 3 is 2.42 bits per heavy atom. The van der Waals surface area contributed by atoms with Crippen LogP contribution in [-0.2, 0) is 4.79 Å². The van der Waals surface area contributed by atoms with E-state index in [4.69, 9.17) is 0 Å². The van der Waals surface area contributed by atoms with Crippen LogP contribution in [0.15, 0.2) is 77.9 Å². The van der Waals surface area contributed by atoms with Gasteiger partial charge in [-0.25, -0.2) is 13.6 Å². The molecule has 1 heterocycles. The normalized spacial score (nSPS) is 13.6. The van der Waals surface area contributed by atoms with E-state index in [9.17, 15) is 28.6 Å². The van der Waals surface area contributed by atoms with Crippen LogP contribution in [0.25, 0.3) is 11.1 Å². The van der Waals surface area contributed by atoms with Crippen molar-refractivity contribution >= 4 is 34.7 Å². The summed E-state index contributed by atoms with van der Waals surface area (Å²) in [5.41, 5.74) is 5.43. The van der Waals surface area contributed by atoms with Gasteiger partial charge in [0.05, 0.1) is 16.9 Å². The molecule has 7 nitrogen and oxygen atoms in total. The van der Waals surface area contributed by atoms with Gasteiger partial charge in [0.1, 0.15) is 11.6 Å². The second-order valence-electron chi connectivity index (χ2n) is 8.85. The van der Waals surface area contributed by atoms with Crippen molar-refractivity contribution in [2.24, 2.45) is 5.10 Å². The summed E-state index contributed by atoms with van der Waals surface area (Å²) in [5, 5.41) is 24.3. The van der Waals surface area contributed by atoms with E-state index in [2.05, 4.69) is 10.5 Å². The minimum Gasteiger partial charge on any atom is -0.505 e. The number of aromatic carboxylic acids is 1. The first kappa shape index (κ1) is 24.6. The van der Waals surface area contributed by atoms with Crippen LogP contribution in [0.5, 0.6) is 5.75 Å². The molecule has 0 radical (unpaired) electrons. The molecule has 5 rings (SSSR count). The molecule has 0 aromatic heterocycles. The number of halogens is 2. The molecule has 190 valence electrons. The van der Waals surface area contributed by atoms with Gasteiger partial charge in [0, 0.05) is 22.9 Å². The van der Waals surface area contributed by atoms with Gasteiger partial charge in [0.2, 0.25) is 0 Å². The van der Waals surface area contributed by atoms with E-state index in [1.165, 1.54) is 18.2 Å². The minimum absolute atomic E-state index is 0.0389. The van der Waals surface area contributed by atoms with Crippen LogP contribution < -0.4 is 10.3 Å². The lowest BCUT2D eigenvalue weighted by molar-refractivity contribution is -0.111. The van der Waals surface area contributed by atoms with Gasteiger partial charge >= 0.3 is 5.97 Å². The number of phenolic OH excluding ortho intramolecular Hbond substituents is 1. The molecule has 0 bridgehead atoms. The first-order valence-electron chi connectivity index (χ1n) is 11.6. The number of carbonyl (C=O) groups is 2. The Morgan fingerprint density at radius 2 is 1.68 bits per heavy atom. The van der Waals surface area contributed by atoms with Gasteiger partial charge in [-0.2, -0.15) is 5.10 Å². The fraction of sp³-hybridized carbons (Fsp3) is 0.0690. The lowest BCUT2D eigenvalue weighted by Crippen LogP contribution is -2.26. The zero-order valence-corrected chi connectivity index (χ0v) is 20.3. The molecule has 4 aromatic carbocycles. The van der Waals surface area contributed by atoms with E-state index in [1.807, 2.05) is 13.8 Å². The quantitative estimate of drug-likeness (QED) is 0.220.